The predicted octanol–water partition coefficient (Wildman–Crippen LogP) is 0.412. The van der Waals surface area contributed by atoms with Gasteiger partial charge in [0.1, 0.15) is 16.5 Å². The van der Waals surface area contributed by atoms with Gasteiger partial charge in [0, 0.05) is 6.42 Å². The molecular formula is C9H18NO2S+. The third-order valence-electron chi connectivity index (χ3n) is 3.90. The SMILES string of the molecule is C[N+](C)(C)[C@@]12CCC[C@@H]1S(=O)(=O)C2. The van der Waals surface area contributed by atoms with Crippen LogP contribution in [0, 0.1) is 0 Å². The maximum atomic E-state index is 11.5. The highest BCUT2D eigenvalue weighted by Crippen LogP contribution is 2.50. The fraction of sp³-hybridized carbons (Fsp3) is 1.00. The lowest BCUT2D eigenvalue weighted by Gasteiger charge is -2.53. The zero-order valence-electron chi connectivity index (χ0n) is 8.58. The molecule has 1 aliphatic heterocycles. The number of nitrogens with zero attached hydrogens (tertiary/aromatic N) is 1. The van der Waals surface area contributed by atoms with Crippen LogP contribution in [0.4, 0.5) is 0 Å². The Kier molecular flexibility index (Phi) is 1.66. The third kappa shape index (κ3) is 1.02. The Balaban J connectivity index is 2.38. The van der Waals surface area contributed by atoms with E-state index in [1.807, 2.05) is 0 Å². The fourth-order valence-electron chi connectivity index (χ4n) is 3.01. The highest BCUT2D eigenvalue weighted by atomic mass is 32.2. The molecule has 1 heterocycles. The quantitative estimate of drug-likeness (QED) is 0.580. The van der Waals surface area contributed by atoms with Crippen molar-refractivity contribution in [2.24, 2.45) is 0 Å². The average Bonchev–Trinajstić information content (AvgIpc) is 2.26. The van der Waals surface area contributed by atoms with E-state index in [1.165, 1.54) is 0 Å². The summed E-state index contributed by atoms with van der Waals surface area (Å²) in [5.41, 5.74) is 0.0544. The van der Waals surface area contributed by atoms with Crippen molar-refractivity contribution in [2.75, 3.05) is 26.9 Å². The van der Waals surface area contributed by atoms with Gasteiger partial charge >= 0.3 is 0 Å². The van der Waals surface area contributed by atoms with Crippen molar-refractivity contribution in [2.45, 2.75) is 30.1 Å². The zero-order chi connectivity index (χ0) is 9.91. The van der Waals surface area contributed by atoms with E-state index >= 15 is 0 Å². The summed E-state index contributed by atoms with van der Waals surface area (Å²) in [6, 6.07) is 0. The van der Waals surface area contributed by atoms with Crippen molar-refractivity contribution in [3.63, 3.8) is 0 Å². The molecule has 1 aliphatic carbocycles. The van der Waals surface area contributed by atoms with Gasteiger partial charge in [-0.05, 0) is 12.8 Å². The molecule has 0 aromatic carbocycles. The van der Waals surface area contributed by atoms with Crippen LogP contribution in [-0.4, -0.2) is 50.6 Å². The second-order valence-electron chi connectivity index (χ2n) is 5.30. The molecule has 76 valence electrons. The lowest BCUT2D eigenvalue weighted by atomic mass is 9.94. The van der Waals surface area contributed by atoms with Crippen molar-refractivity contribution in [1.29, 1.82) is 0 Å². The highest BCUT2D eigenvalue weighted by Gasteiger charge is 2.68. The van der Waals surface area contributed by atoms with E-state index in [2.05, 4.69) is 21.1 Å². The number of hydrogen-bond donors (Lipinski definition) is 0. The Morgan fingerprint density at radius 3 is 2.31 bits per heavy atom. The van der Waals surface area contributed by atoms with E-state index < -0.39 is 9.84 Å². The second-order valence-corrected chi connectivity index (χ2v) is 7.49. The highest BCUT2D eigenvalue weighted by molar-refractivity contribution is 7.93. The molecule has 0 amide bonds. The first-order valence-corrected chi connectivity index (χ1v) is 6.54. The summed E-state index contributed by atoms with van der Waals surface area (Å²) in [7, 11) is 3.64. The normalized spacial score (nSPS) is 42.5. The Labute approximate surface area is 80.2 Å². The Morgan fingerprint density at radius 1 is 1.31 bits per heavy atom. The van der Waals surface area contributed by atoms with E-state index in [0.717, 1.165) is 23.7 Å². The van der Waals surface area contributed by atoms with Crippen LogP contribution in [0.1, 0.15) is 19.3 Å². The van der Waals surface area contributed by atoms with Gasteiger partial charge in [-0.3, -0.25) is 0 Å². The van der Waals surface area contributed by atoms with Gasteiger partial charge < -0.3 is 4.48 Å². The van der Waals surface area contributed by atoms with E-state index in [0.29, 0.717) is 5.75 Å². The van der Waals surface area contributed by atoms with Gasteiger partial charge in [-0.25, -0.2) is 8.42 Å². The molecule has 0 N–H and O–H groups in total. The van der Waals surface area contributed by atoms with Crippen LogP contribution < -0.4 is 0 Å². The summed E-state index contributed by atoms with van der Waals surface area (Å²) in [6.45, 7) is 0. The molecule has 0 bridgehead atoms. The van der Waals surface area contributed by atoms with Gasteiger partial charge in [0.25, 0.3) is 0 Å². The molecule has 2 rings (SSSR count). The van der Waals surface area contributed by atoms with Gasteiger partial charge in [0.05, 0.1) is 21.1 Å². The fourth-order valence-corrected chi connectivity index (χ4v) is 6.06. The maximum absolute atomic E-state index is 11.5. The van der Waals surface area contributed by atoms with Crippen LogP contribution in [-0.2, 0) is 9.84 Å². The van der Waals surface area contributed by atoms with Crippen LogP contribution in [0.2, 0.25) is 0 Å². The predicted molar refractivity (Wildman–Crippen MR) is 52.2 cm³/mol. The minimum Gasteiger partial charge on any atom is -0.324 e. The molecule has 0 aromatic heterocycles. The molecule has 2 fully saturated rings. The van der Waals surface area contributed by atoms with E-state index in [9.17, 15) is 8.42 Å². The monoisotopic (exact) mass is 204 g/mol. The summed E-state index contributed by atoms with van der Waals surface area (Å²) >= 11 is 0. The smallest absolute Gasteiger partial charge is 0.165 e. The summed E-state index contributed by atoms with van der Waals surface area (Å²) < 4.78 is 23.9. The summed E-state index contributed by atoms with van der Waals surface area (Å²) in [4.78, 5) is 0. The molecule has 4 heteroatoms. The molecule has 0 aromatic rings. The number of quaternary nitrogens is 1. The molecular weight excluding hydrogens is 186 g/mol. The van der Waals surface area contributed by atoms with Crippen LogP contribution >= 0.6 is 0 Å². The first kappa shape index (κ1) is 9.46. The Hall–Kier alpha value is -0.0900. The van der Waals surface area contributed by atoms with Gasteiger partial charge in [-0.1, -0.05) is 0 Å². The number of rotatable bonds is 1. The van der Waals surface area contributed by atoms with Crippen LogP contribution in [0.25, 0.3) is 0 Å². The van der Waals surface area contributed by atoms with Gasteiger partial charge in [-0.15, -0.1) is 0 Å². The van der Waals surface area contributed by atoms with Crippen LogP contribution in [0.5, 0.6) is 0 Å². The molecule has 1 saturated carbocycles. The first-order chi connectivity index (χ1) is 5.80. The second kappa shape index (κ2) is 2.28. The standard InChI is InChI=1S/C9H18NO2S/c1-10(2,3)9-6-4-5-8(9)13(11,12)7-9/h8H,4-7H2,1-3H3/q+1/t8-,9+/m0/s1. The molecule has 2 aliphatic rings. The largest absolute Gasteiger partial charge is 0.324 e. The van der Waals surface area contributed by atoms with Crippen molar-refractivity contribution in [1.82, 2.24) is 0 Å². The van der Waals surface area contributed by atoms with Gasteiger partial charge in [-0.2, -0.15) is 0 Å². The number of sulfone groups is 1. The van der Waals surface area contributed by atoms with Gasteiger partial charge in [0.15, 0.2) is 9.84 Å². The first-order valence-electron chi connectivity index (χ1n) is 4.83. The van der Waals surface area contributed by atoms with E-state index in [4.69, 9.17) is 0 Å². The molecule has 0 spiro atoms. The van der Waals surface area contributed by atoms with Crippen molar-refractivity contribution in [3.8, 4) is 0 Å². The third-order valence-corrected chi connectivity index (χ3v) is 6.34. The van der Waals surface area contributed by atoms with E-state index in [-0.39, 0.29) is 10.8 Å². The van der Waals surface area contributed by atoms with Gasteiger partial charge in [0.2, 0.25) is 0 Å². The van der Waals surface area contributed by atoms with E-state index in [1.54, 1.807) is 0 Å². The molecule has 0 radical (unpaired) electrons. The minimum atomic E-state index is -2.72. The average molecular weight is 204 g/mol. The number of hydrogen-bond acceptors (Lipinski definition) is 2. The van der Waals surface area contributed by atoms with Crippen molar-refractivity contribution in [3.05, 3.63) is 0 Å². The van der Waals surface area contributed by atoms with Crippen LogP contribution in [0.3, 0.4) is 0 Å². The zero-order valence-corrected chi connectivity index (χ0v) is 9.39. The summed E-state index contributed by atoms with van der Waals surface area (Å²) in [5.74, 6) is 0.411. The lowest BCUT2D eigenvalue weighted by Crippen LogP contribution is -2.73. The Morgan fingerprint density at radius 2 is 1.92 bits per heavy atom. The maximum Gasteiger partial charge on any atom is 0.165 e. The molecule has 3 nitrogen and oxygen atoms in total. The summed E-state index contributed by atoms with van der Waals surface area (Å²) in [6.07, 6.45) is 3.05. The molecule has 2 atom stereocenters. The number of fused-ring (bicyclic) bond motifs is 1. The van der Waals surface area contributed by atoms with Crippen molar-refractivity contribution >= 4 is 9.84 Å². The Bertz CT molecular complexity index is 328. The topological polar surface area (TPSA) is 34.1 Å². The van der Waals surface area contributed by atoms with Crippen LogP contribution in [0.15, 0.2) is 0 Å². The molecule has 1 saturated heterocycles. The summed E-state index contributed by atoms with van der Waals surface area (Å²) in [5, 5.41) is -0.0417. The lowest BCUT2D eigenvalue weighted by molar-refractivity contribution is -0.921. The molecule has 13 heavy (non-hydrogen) atoms. The molecule has 0 unspecified atom stereocenters. The van der Waals surface area contributed by atoms with Crippen molar-refractivity contribution < 1.29 is 12.9 Å². The minimum absolute atomic E-state index is 0.0417.